The van der Waals surface area contributed by atoms with E-state index in [1.807, 2.05) is 11.8 Å². The Kier molecular flexibility index (Phi) is 5.66. The Labute approximate surface area is 141 Å². The van der Waals surface area contributed by atoms with Gasteiger partial charge in [0.2, 0.25) is 0 Å². The van der Waals surface area contributed by atoms with E-state index in [-0.39, 0.29) is 11.0 Å². The molecule has 1 fully saturated rings. The first-order valence-electron chi connectivity index (χ1n) is 8.58. The Morgan fingerprint density at radius 1 is 1.14 bits per heavy atom. The van der Waals surface area contributed by atoms with Crippen molar-refractivity contribution in [2.24, 2.45) is 5.92 Å². The molecule has 1 aromatic carbocycles. The quantitative estimate of drug-likeness (QED) is 0.658. The summed E-state index contributed by atoms with van der Waals surface area (Å²) in [4.78, 5) is 0. The molecule has 1 unspecified atom stereocenters. The third-order valence-corrected chi connectivity index (χ3v) is 5.70. The molecular formula is C20H32OS. The van der Waals surface area contributed by atoms with Crippen LogP contribution in [0.25, 0.3) is 0 Å². The highest BCUT2D eigenvalue weighted by molar-refractivity contribution is 7.99. The van der Waals surface area contributed by atoms with Gasteiger partial charge in [-0.15, -0.1) is 0 Å². The van der Waals surface area contributed by atoms with Crippen molar-refractivity contribution in [1.29, 1.82) is 0 Å². The van der Waals surface area contributed by atoms with Gasteiger partial charge in [0.1, 0.15) is 0 Å². The number of rotatable bonds is 6. The molecule has 0 saturated carbocycles. The summed E-state index contributed by atoms with van der Waals surface area (Å²) in [7, 11) is 0. The maximum Gasteiger partial charge on any atom is 0.0882 e. The van der Waals surface area contributed by atoms with E-state index < -0.39 is 0 Å². The Bertz CT molecular complexity index is 484. The van der Waals surface area contributed by atoms with Crippen LogP contribution in [0.3, 0.4) is 0 Å². The summed E-state index contributed by atoms with van der Waals surface area (Å²) >= 11 is 2.01. The van der Waals surface area contributed by atoms with Crippen molar-refractivity contribution in [2.75, 3.05) is 11.5 Å². The highest BCUT2D eigenvalue weighted by Gasteiger charge is 2.33. The Morgan fingerprint density at radius 3 is 2.32 bits per heavy atom. The average Bonchev–Trinajstić information content (AvgIpc) is 2.89. The minimum atomic E-state index is -0.222. The predicted octanol–water partition coefficient (Wildman–Crippen LogP) is 5.77. The lowest BCUT2D eigenvalue weighted by Gasteiger charge is -2.36. The lowest BCUT2D eigenvalue weighted by molar-refractivity contribution is -0.0654. The summed E-state index contributed by atoms with van der Waals surface area (Å²) in [6.45, 7) is 13.8. The van der Waals surface area contributed by atoms with E-state index in [0.29, 0.717) is 12.0 Å². The Hall–Kier alpha value is -0.470. The van der Waals surface area contributed by atoms with Gasteiger partial charge in [0.25, 0.3) is 0 Å². The fraction of sp³-hybridized carbons (Fsp3) is 0.700. The predicted molar refractivity (Wildman–Crippen MR) is 98.8 cm³/mol. The summed E-state index contributed by atoms with van der Waals surface area (Å²) in [5.41, 5.74) is 2.76. The number of hydrogen-bond donors (Lipinski definition) is 0. The van der Waals surface area contributed by atoms with Crippen molar-refractivity contribution >= 4 is 11.8 Å². The molecule has 2 rings (SSSR count). The van der Waals surface area contributed by atoms with Gasteiger partial charge in [0, 0.05) is 5.75 Å². The first-order valence-corrected chi connectivity index (χ1v) is 9.73. The monoisotopic (exact) mass is 320 g/mol. The van der Waals surface area contributed by atoms with E-state index in [9.17, 15) is 0 Å². The van der Waals surface area contributed by atoms with Gasteiger partial charge in [-0.1, -0.05) is 52.0 Å². The third-order valence-electron chi connectivity index (χ3n) is 4.57. The minimum absolute atomic E-state index is 0.176. The van der Waals surface area contributed by atoms with E-state index in [4.69, 9.17) is 4.74 Å². The van der Waals surface area contributed by atoms with Crippen molar-refractivity contribution in [3.05, 3.63) is 35.4 Å². The molecule has 0 radical (unpaired) electrons. The molecule has 2 heteroatoms. The van der Waals surface area contributed by atoms with Crippen LogP contribution in [0.15, 0.2) is 24.3 Å². The second-order valence-corrected chi connectivity index (χ2v) is 9.29. The standard InChI is InChI=1S/C20H32OS/c1-15(2)13-19(3,4)17-9-7-8-10-18(17)20(5,6)21-16-11-12-22-14-16/h7-10,15-16H,11-14H2,1-6H3. The summed E-state index contributed by atoms with van der Waals surface area (Å²) in [6.07, 6.45) is 2.78. The van der Waals surface area contributed by atoms with Crippen LogP contribution in [0.4, 0.5) is 0 Å². The van der Waals surface area contributed by atoms with Crippen LogP contribution in [-0.4, -0.2) is 17.6 Å². The molecule has 124 valence electrons. The highest BCUT2D eigenvalue weighted by Crippen LogP contribution is 2.39. The maximum atomic E-state index is 6.50. The van der Waals surface area contributed by atoms with Crippen LogP contribution in [0, 0.1) is 5.92 Å². The number of benzene rings is 1. The topological polar surface area (TPSA) is 9.23 Å². The molecule has 0 bridgehead atoms. The van der Waals surface area contributed by atoms with Gasteiger partial charge in [-0.2, -0.15) is 11.8 Å². The molecule has 1 nitrogen and oxygen atoms in total. The van der Waals surface area contributed by atoms with Crippen LogP contribution in [0.1, 0.15) is 65.5 Å². The van der Waals surface area contributed by atoms with Gasteiger partial charge < -0.3 is 4.74 Å². The second-order valence-electron chi connectivity index (χ2n) is 8.14. The normalized spacial score (nSPS) is 19.9. The van der Waals surface area contributed by atoms with E-state index in [1.54, 1.807) is 0 Å². The van der Waals surface area contributed by atoms with Crippen molar-refractivity contribution in [3.63, 3.8) is 0 Å². The van der Waals surface area contributed by atoms with Crippen molar-refractivity contribution in [3.8, 4) is 0 Å². The molecule has 0 amide bonds. The molecule has 1 aliphatic heterocycles. The van der Waals surface area contributed by atoms with Crippen molar-refractivity contribution in [1.82, 2.24) is 0 Å². The molecule has 1 saturated heterocycles. The van der Waals surface area contributed by atoms with Crippen molar-refractivity contribution in [2.45, 2.75) is 71.5 Å². The molecule has 22 heavy (non-hydrogen) atoms. The fourth-order valence-corrected chi connectivity index (χ4v) is 4.91. The van der Waals surface area contributed by atoms with E-state index in [1.165, 1.54) is 29.7 Å². The molecule has 1 aliphatic rings. The lowest BCUT2D eigenvalue weighted by atomic mass is 9.73. The van der Waals surface area contributed by atoms with Gasteiger partial charge in [0.05, 0.1) is 11.7 Å². The number of thioether (sulfide) groups is 1. The Morgan fingerprint density at radius 2 is 1.77 bits per heavy atom. The van der Waals surface area contributed by atoms with Crippen LogP contribution < -0.4 is 0 Å². The number of ether oxygens (including phenoxy) is 1. The van der Waals surface area contributed by atoms with Crippen LogP contribution >= 0.6 is 11.8 Å². The smallest absolute Gasteiger partial charge is 0.0882 e. The SMILES string of the molecule is CC(C)CC(C)(C)c1ccccc1C(C)(C)OC1CCSC1. The van der Waals surface area contributed by atoms with Crippen LogP contribution in [0.2, 0.25) is 0 Å². The Balaban J connectivity index is 2.30. The highest BCUT2D eigenvalue weighted by atomic mass is 32.2. The molecule has 0 N–H and O–H groups in total. The maximum absolute atomic E-state index is 6.50. The molecule has 1 atom stereocenters. The van der Waals surface area contributed by atoms with Gasteiger partial charge in [0.15, 0.2) is 0 Å². The zero-order valence-electron chi connectivity index (χ0n) is 15.1. The fourth-order valence-electron chi connectivity index (χ4n) is 3.81. The van der Waals surface area contributed by atoms with Gasteiger partial charge >= 0.3 is 0 Å². The summed E-state index contributed by atoms with van der Waals surface area (Å²) < 4.78 is 6.50. The largest absolute Gasteiger partial charge is 0.367 e. The lowest BCUT2D eigenvalue weighted by Crippen LogP contribution is -2.32. The van der Waals surface area contributed by atoms with Crippen molar-refractivity contribution < 1.29 is 4.74 Å². The van der Waals surface area contributed by atoms with E-state index in [0.717, 1.165) is 5.75 Å². The second kappa shape index (κ2) is 6.97. The van der Waals surface area contributed by atoms with E-state index >= 15 is 0 Å². The molecule has 0 aliphatic carbocycles. The van der Waals surface area contributed by atoms with Crippen LogP contribution in [0.5, 0.6) is 0 Å². The summed E-state index contributed by atoms with van der Waals surface area (Å²) in [5.74, 6) is 3.07. The van der Waals surface area contributed by atoms with E-state index in [2.05, 4.69) is 65.8 Å². The zero-order chi connectivity index (χ0) is 16.4. The first-order chi connectivity index (χ1) is 10.2. The summed E-state index contributed by atoms with van der Waals surface area (Å²) in [6, 6.07) is 8.88. The third kappa shape index (κ3) is 4.29. The number of hydrogen-bond acceptors (Lipinski definition) is 2. The molecular weight excluding hydrogens is 288 g/mol. The van der Waals surface area contributed by atoms with Crippen LogP contribution in [-0.2, 0) is 15.8 Å². The van der Waals surface area contributed by atoms with Gasteiger partial charge in [-0.05, 0) is 54.9 Å². The van der Waals surface area contributed by atoms with Gasteiger partial charge in [-0.25, -0.2) is 0 Å². The molecule has 0 spiro atoms. The summed E-state index contributed by atoms with van der Waals surface area (Å²) in [5, 5.41) is 0. The molecule has 0 aromatic heterocycles. The molecule has 1 aromatic rings. The average molecular weight is 321 g/mol. The minimum Gasteiger partial charge on any atom is -0.367 e. The van der Waals surface area contributed by atoms with Gasteiger partial charge in [-0.3, -0.25) is 0 Å². The first kappa shape index (κ1) is 17.9. The zero-order valence-corrected chi connectivity index (χ0v) is 15.9. The molecule has 1 heterocycles.